The summed E-state index contributed by atoms with van der Waals surface area (Å²) in [6, 6.07) is 0. The first-order valence-corrected chi connectivity index (χ1v) is 24.0. The number of hydrogen-bond donors (Lipinski definition) is 0. The molecule has 0 aromatic rings. The highest BCUT2D eigenvalue weighted by molar-refractivity contribution is 5.71. The minimum atomic E-state index is -0.757. The molecule has 0 bridgehead atoms. The molecule has 320 valence electrons. The van der Waals surface area contributed by atoms with E-state index in [4.69, 9.17) is 14.2 Å². The molecule has 0 aliphatic heterocycles. The molecule has 0 heterocycles. The van der Waals surface area contributed by atoms with Crippen LogP contribution < -0.4 is 0 Å². The fourth-order valence-corrected chi connectivity index (χ4v) is 7.21. The highest BCUT2D eigenvalue weighted by Gasteiger charge is 2.19. The number of hydrogen-bond acceptors (Lipinski definition) is 6. The normalized spacial score (nSPS) is 11.8. The smallest absolute Gasteiger partial charge is 0.306 e. The van der Waals surface area contributed by atoms with Crippen molar-refractivity contribution >= 4 is 17.9 Å². The standard InChI is InChI=1S/C48H92O6/c1-4-7-10-13-16-18-20-21-22-23-24-25-26-27-28-30-33-36-39-42-48(51)54-45(43-52-46(49)40-37-34-31-15-12-9-6-3)44-53-47(50)41-38-35-32-29-19-17-14-11-8-5-2/h45H,4-44H2,1-3H3/t45-/m1/s1. The van der Waals surface area contributed by atoms with Crippen LogP contribution in [-0.4, -0.2) is 37.2 Å². The van der Waals surface area contributed by atoms with Crippen LogP contribution in [0.5, 0.6) is 0 Å². The van der Waals surface area contributed by atoms with Gasteiger partial charge in [0.2, 0.25) is 0 Å². The molecule has 0 spiro atoms. The Balaban J connectivity index is 4.17. The Morgan fingerprint density at radius 3 is 0.741 bits per heavy atom. The number of carbonyl (C=O) groups excluding carboxylic acids is 3. The maximum Gasteiger partial charge on any atom is 0.306 e. The van der Waals surface area contributed by atoms with Crippen LogP contribution in [0.25, 0.3) is 0 Å². The van der Waals surface area contributed by atoms with E-state index in [1.165, 1.54) is 173 Å². The van der Waals surface area contributed by atoms with Crippen LogP contribution in [0, 0.1) is 0 Å². The first-order valence-electron chi connectivity index (χ1n) is 24.0. The number of rotatable bonds is 44. The summed E-state index contributed by atoms with van der Waals surface area (Å²) >= 11 is 0. The summed E-state index contributed by atoms with van der Waals surface area (Å²) in [4.78, 5) is 37.6. The van der Waals surface area contributed by atoms with Crippen LogP contribution in [0.1, 0.15) is 271 Å². The molecule has 0 N–H and O–H groups in total. The summed E-state index contributed by atoms with van der Waals surface area (Å²) in [5, 5.41) is 0. The topological polar surface area (TPSA) is 78.9 Å². The molecular weight excluding hydrogens is 673 g/mol. The van der Waals surface area contributed by atoms with Gasteiger partial charge in [-0.15, -0.1) is 0 Å². The van der Waals surface area contributed by atoms with Gasteiger partial charge >= 0.3 is 17.9 Å². The van der Waals surface area contributed by atoms with Crippen molar-refractivity contribution in [3.8, 4) is 0 Å². The largest absolute Gasteiger partial charge is 0.462 e. The number of carbonyl (C=O) groups is 3. The number of ether oxygens (including phenoxy) is 3. The molecule has 0 aromatic heterocycles. The highest BCUT2D eigenvalue weighted by atomic mass is 16.6. The Bertz CT molecular complexity index is 798. The van der Waals surface area contributed by atoms with E-state index < -0.39 is 6.10 Å². The van der Waals surface area contributed by atoms with E-state index in [1.54, 1.807) is 0 Å². The molecule has 0 amide bonds. The summed E-state index contributed by atoms with van der Waals surface area (Å²) in [6.07, 6.45) is 45.3. The van der Waals surface area contributed by atoms with Gasteiger partial charge in [0, 0.05) is 19.3 Å². The summed E-state index contributed by atoms with van der Waals surface area (Å²) in [5.74, 6) is -0.857. The van der Waals surface area contributed by atoms with Gasteiger partial charge in [0.15, 0.2) is 6.10 Å². The molecule has 0 rings (SSSR count). The number of esters is 3. The van der Waals surface area contributed by atoms with Gasteiger partial charge < -0.3 is 14.2 Å². The highest BCUT2D eigenvalue weighted by Crippen LogP contribution is 2.16. The lowest BCUT2D eigenvalue weighted by Crippen LogP contribution is -2.30. The zero-order chi connectivity index (χ0) is 39.4. The van der Waals surface area contributed by atoms with Crippen LogP contribution in [-0.2, 0) is 28.6 Å². The molecule has 0 saturated carbocycles. The van der Waals surface area contributed by atoms with Crippen LogP contribution >= 0.6 is 0 Å². The second-order valence-corrected chi connectivity index (χ2v) is 16.4. The summed E-state index contributed by atoms with van der Waals surface area (Å²) < 4.78 is 16.7. The fourth-order valence-electron chi connectivity index (χ4n) is 7.21. The van der Waals surface area contributed by atoms with Crippen molar-refractivity contribution in [2.45, 2.75) is 277 Å². The molecule has 6 nitrogen and oxygen atoms in total. The minimum absolute atomic E-state index is 0.0633. The van der Waals surface area contributed by atoms with Crippen molar-refractivity contribution in [2.24, 2.45) is 0 Å². The monoisotopic (exact) mass is 765 g/mol. The third-order valence-electron chi connectivity index (χ3n) is 10.9. The van der Waals surface area contributed by atoms with Gasteiger partial charge in [-0.3, -0.25) is 14.4 Å². The van der Waals surface area contributed by atoms with E-state index in [0.717, 1.165) is 57.8 Å². The van der Waals surface area contributed by atoms with Gasteiger partial charge in [-0.1, -0.05) is 233 Å². The molecule has 0 saturated heterocycles. The van der Waals surface area contributed by atoms with Crippen LogP contribution in [0.3, 0.4) is 0 Å². The summed E-state index contributed by atoms with van der Waals surface area (Å²) in [7, 11) is 0. The molecule has 0 radical (unpaired) electrons. The Kier molecular flexibility index (Phi) is 42.8. The van der Waals surface area contributed by atoms with E-state index in [9.17, 15) is 14.4 Å². The van der Waals surface area contributed by atoms with Crippen molar-refractivity contribution in [1.29, 1.82) is 0 Å². The molecule has 6 heteroatoms. The minimum Gasteiger partial charge on any atom is -0.462 e. The fraction of sp³-hybridized carbons (Fsp3) is 0.938. The first kappa shape index (κ1) is 52.4. The lowest BCUT2D eigenvalue weighted by atomic mass is 10.0. The second kappa shape index (κ2) is 44.1. The van der Waals surface area contributed by atoms with Crippen molar-refractivity contribution in [3.63, 3.8) is 0 Å². The Morgan fingerprint density at radius 1 is 0.296 bits per heavy atom. The van der Waals surface area contributed by atoms with E-state index in [-0.39, 0.29) is 31.1 Å². The van der Waals surface area contributed by atoms with Gasteiger partial charge in [0.05, 0.1) is 0 Å². The van der Waals surface area contributed by atoms with Gasteiger partial charge in [-0.2, -0.15) is 0 Å². The molecular formula is C48H92O6. The third-order valence-corrected chi connectivity index (χ3v) is 10.9. The molecule has 0 unspecified atom stereocenters. The lowest BCUT2D eigenvalue weighted by molar-refractivity contribution is -0.167. The molecule has 54 heavy (non-hydrogen) atoms. The molecule has 1 atom stereocenters. The Hall–Kier alpha value is -1.59. The summed E-state index contributed by atoms with van der Waals surface area (Å²) in [5.41, 5.74) is 0. The van der Waals surface area contributed by atoms with Crippen molar-refractivity contribution in [3.05, 3.63) is 0 Å². The molecule has 0 aliphatic rings. The Morgan fingerprint density at radius 2 is 0.500 bits per heavy atom. The van der Waals surface area contributed by atoms with E-state index in [0.29, 0.717) is 19.3 Å². The quantitative estimate of drug-likeness (QED) is 0.0349. The average molecular weight is 765 g/mol. The molecule has 0 fully saturated rings. The maximum atomic E-state index is 12.7. The molecule has 0 aromatic carbocycles. The van der Waals surface area contributed by atoms with Gasteiger partial charge in [0.25, 0.3) is 0 Å². The van der Waals surface area contributed by atoms with Crippen LogP contribution in [0.15, 0.2) is 0 Å². The van der Waals surface area contributed by atoms with Crippen molar-refractivity contribution in [1.82, 2.24) is 0 Å². The predicted octanol–water partition coefficient (Wildman–Crippen LogP) is 15.3. The van der Waals surface area contributed by atoms with Gasteiger partial charge in [-0.25, -0.2) is 0 Å². The van der Waals surface area contributed by atoms with Crippen LogP contribution in [0.2, 0.25) is 0 Å². The van der Waals surface area contributed by atoms with E-state index in [2.05, 4.69) is 20.8 Å². The van der Waals surface area contributed by atoms with Crippen LogP contribution in [0.4, 0.5) is 0 Å². The van der Waals surface area contributed by atoms with Crippen molar-refractivity contribution < 1.29 is 28.6 Å². The number of unbranched alkanes of at least 4 members (excludes halogenated alkanes) is 33. The SMILES string of the molecule is CCCCCCCCCCCCCCCCCCCCCC(=O)O[C@H](COC(=O)CCCCCCCCC)COC(=O)CCCCCCCCCCCC. The Labute approximate surface area is 336 Å². The van der Waals surface area contributed by atoms with E-state index in [1.807, 2.05) is 0 Å². The predicted molar refractivity (Wildman–Crippen MR) is 229 cm³/mol. The molecule has 0 aliphatic carbocycles. The summed E-state index contributed by atoms with van der Waals surface area (Å²) in [6.45, 7) is 6.61. The second-order valence-electron chi connectivity index (χ2n) is 16.4. The zero-order valence-electron chi connectivity index (χ0n) is 36.5. The third kappa shape index (κ3) is 41.6. The van der Waals surface area contributed by atoms with Gasteiger partial charge in [-0.05, 0) is 19.3 Å². The average Bonchev–Trinajstić information content (AvgIpc) is 3.17. The van der Waals surface area contributed by atoms with Gasteiger partial charge in [0.1, 0.15) is 13.2 Å². The lowest BCUT2D eigenvalue weighted by Gasteiger charge is -2.18. The van der Waals surface area contributed by atoms with E-state index >= 15 is 0 Å². The maximum absolute atomic E-state index is 12.7. The first-order chi connectivity index (χ1) is 26.5. The zero-order valence-corrected chi connectivity index (χ0v) is 36.5. The van der Waals surface area contributed by atoms with Crippen molar-refractivity contribution in [2.75, 3.05) is 13.2 Å².